The van der Waals surface area contributed by atoms with Crippen molar-refractivity contribution in [2.45, 2.75) is 90.7 Å². The van der Waals surface area contributed by atoms with Crippen molar-refractivity contribution >= 4 is 0 Å². The van der Waals surface area contributed by atoms with Crippen molar-refractivity contribution in [2.75, 3.05) is 13.2 Å². The highest BCUT2D eigenvalue weighted by atomic mass is 16.5. The minimum absolute atomic E-state index is 0.143. The minimum atomic E-state index is 0.143. The van der Waals surface area contributed by atoms with Crippen molar-refractivity contribution in [3.63, 3.8) is 0 Å². The van der Waals surface area contributed by atoms with Gasteiger partial charge >= 0.3 is 0 Å². The maximum absolute atomic E-state index is 6.43. The molecule has 0 aromatic heterocycles. The molecule has 1 aliphatic rings. The summed E-state index contributed by atoms with van der Waals surface area (Å²) in [5, 5.41) is 3.59. The highest BCUT2D eigenvalue weighted by molar-refractivity contribution is 4.89. The number of hydrogen-bond donors (Lipinski definition) is 1. The summed E-state index contributed by atoms with van der Waals surface area (Å²) in [5.41, 5.74) is 0.143. The molecule has 0 bridgehead atoms. The van der Waals surface area contributed by atoms with E-state index in [2.05, 4.69) is 33.0 Å². The molecule has 1 rings (SSSR count). The third-order valence-corrected chi connectivity index (χ3v) is 4.52. The van der Waals surface area contributed by atoms with Crippen LogP contribution in [0, 0.1) is 5.92 Å². The lowest BCUT2D eigenvalue weighted by Gasteiger charge is -2.32. The topological polar surface area (TPSA) is 21.3 Å². The van der Waals surface area contributed by atoms with Gasteiger partial charge in [-0.05, 0) is 25.2 Å². The molecule has 0 radical (unpaired) electrons. The summed E-state index contributed by atoms with van der Waals surface area (Å²) in [6.07, 6.45) is 10.4. The van der Waals surface area contributed by atoms with Gasteiger partial charge in [-0.3, -0.25) is 0 Å². The van der Waals surface area contributed by atoms with Gasteiger partial charge in [-0.1, -0.05) is 59.8 Å². The van der Waals surface area contributed by atoms with E-state index >= 15 is 0 Å². The van der Waals surface area contributed by atoms with Crippen molar-refractivity contribution in [1.82, 2.24) is 5.32 Å². The largest absolute Gasteiger partial charge is 0.373 e. The molecular weight excluding hydrogens is 234 g/mol. The highest BCUT2D eigenvalue weighted by Crippen LogP contribution is 2.33. The summed E-state index contributed by atoms with van der Waals surface area (Å²) < 4.78 is 6.43. The first-order valence-electron chi connectivity index (χ1n) is 8.49. The van der Waals surface area contributed by atoms with E-state index in [0.717, 1.165) is 19.1 Å². The Bertz CT molecular complexity index is 221. The molecule has 0 heterocycles. The van der Waals surface area contributed by atoms with Crippen LogP contribution in [0.5, 0.6) is 0 Å². The zero-order chi connectivity index (χ0) is 14.1. The lowest BCUT2D eigenvalue weighted by molar-refractivity contribution is -0.0576. The summed E-state index contributed by atoms with van der Waals surface area (Å²) in [5.74, 6) is 0.761. The second kappa shape index (κ2) is 8.97. The molecule has 1 unspecified atom stereocenters. The van der Waals surface area contributed by atoms with Crippen LogP contribution >= 0.6 is 0 Å². The molecule has 1 fully saturated rings. The van der Waals surface area contributed by atoms with Crippen molar-refractivity contribution in [3.8, 4) is 0 Å². The Morgan fingerprint density at radius 1 is 1.16 bits per heavy atom. The SMILES string of the molecule is CCCCC(CC)COC1(CNC(C)C)CCCC1. The average Bonchev–Trinajstić information content (AvgIpc) is 2.86. The quantitative estimate of drug-likeness (QED) is 0.629. The van der Waals surface area contributed by atoms with Crippen molar-refractivity contribution in [3.05, 3.63) is 0 Å². The van der Waals surface area contributed by atoms with Crippen LogP contribution in [-0.2, 0) is 4.74 Å². The van der Waals surface area contributed by atoms with Crippen molar-refractivity contribution in [1.29, 1.82) is 0 Å². The van der Waals surface area contributed by atoms with Crippen molar-refractivity contribution < 1.29 is 4.74 Å². The van der Waals surface area contributed by atoms with E-state index in [1.54, 1.807) is 0 Å². The fourth-order valence-corrected chi connectivity index (χ4v) is 2.97. The van der Waals surface area contributed by atoms with Crippen LogP contribution in [-0.4, -0.2) is 24.8 Å². The molecule has 2 heteroatoms. The Morgan fingerprint density at radius 2 is 1.84 bits per heavy atom. The van der Waals surface area contributed by atoms with Crippen molar-refractivity contribution in [2.24, 2.45) is 5.92 Å². The van der Waals surface area contributed by atoms with E-state index in [9.17, 15) is 0 Å². The first-order chi connectivity index (χ1) is 9.12. The maximum Gasteiger partial charge on any atom is 0.0806 e. The van der Waals surface area contributed by atoms with Crippen LogP contribution in [0.4, 0.5) is 0 Å². The summed E-state index contributed by atoms with van der Waals surface area (Å²) in [7, 11) is 0. The summed E-state index contributed by atoms with van der Waals surface area (Å²) in [6, 6.07) is 0.558. The van der Waals surface area contributed by atoms with Gasteiger partial charge in [0, 0.05) is 12.6 Å². The molecule has 19 heavy (non-hydrogen) atoms. The molecule has 114 valence electrons. The van der Waals surface area contributed by atoms with E-state index in [1.807, 2.05) is 0 Å². The standard InChI is InChI=1S/C17H35NO/c1-5-7-10-16(6-2)13-19-17(11-8-9-12-17)14-18-15(3)4/h15-16,18H,5-14H2,1-4H3. The number of hydrogen-bond acceptors (Lipinski definition) is 2. The van der Waals surface area contributed by atoms with Crippen LogP contribution in [0.3, 0.4) is 0 Å². The molecule has 0 saturated heterocycles. The Labute approximate surface area is 120 Å². The van der Waals surface area contributed by atoms with Gasteiger partial charge in [0.25, 0.3) is 0 Å². The second-order valence-corrected chi connectivity index (χ2v) is 6.65. The van der Waals surface area contributed by atoms with Gasteiger partial charge in [-0.2, -0.15) is 0 Å². The predicted octanol–water partition coefficient (Wildman–Crippen LogP) is 4.53. The Hall–Kier alpha value is -0.0800. The zero-order valence-corrected chi connectivity index (χ0v) is 13.6. The molecule has 0 aromatic rings. The van der Waals surface area contributed by atoms with Gasteiger partial charge in [0.15, 0.2) is 0 Å². The molecular formula is C17H35NO. The molecule has 1 aliphatic carbocycles. The summed E-state index contributed by atoms with van der Waals surface area (Å²) in [4.78, 5) is 0. The molecule has 0 spiro atoms. The Morgan fingerprint density at radius 3 is 2.37 bits per heavy atom. The molecule has 0 amide bonds. The smallest absolute Gasteiger partial charge is 0.0806 e. The van der Waals surface area contributed by atoms with Crippen LogP contribution < -0.4 is 5.32 Å². The van der Waals surface area contributed by atoms with E-state index in [-0.39, 0.29) is 5.60 Å². The predicted molar refractivity (Wildman–Crippen MR) is 83.6 cm³/mol. The molecule has 1 saturated carbocycles. The minimum Gasteiger partial charge on any atom is -0.373 e. The fraction of sp³-hybridized carbons (Fsp3) is 1.00. The molecule has 2 nitrogen and oxygen atoms in total. The third kappa shape index (κ3) is 6.27. The number of rotatable bonds is 10. The molecule has 0 aromatic carbocycles. The summed E-state index contributed by atoms with van der Waals surface area (Å²) >= 11 is 0. The van der Waals surface area contributed by atoms with Crippen LogP contribution in [0.2, 0.25) is 0 Å². The average molecular weight is 269 g/mol. The molecule has 1 N–H and O–H groups in total. The Balaban J connectivity index is 2.39. The van der Waals surface area contributed by atoms with E-state index in [0.29, 0.717) is 6.04 Å². The van der Waals surface area contributed by atoms with Crippen LogP contribution in [0.1, 0.15) is 79.1 Å². The first-order valence-corrected chi connectivity index (χ1v) is 8.49. The monoisotopic (exact) mass is 269 g/mol. The van der Waals surface area contributed by atoms with E-state index < -0.39 is 0 Å². The zero-order valence-electron chi connectivity index (χ0n) is 13.6. The Kier molecular flexibility index (Phi) is 8.01. The van der Waals surface area contributed by atoms with Gasteiger partial charge in [0.05, 0.1) is 12.2 Å². The molecule has 0 aliphatic heterocycles. The first kappa shape index (κ1) is 17.0. The second-order valence-electron chi connectivity index (χ2n) is 6.65. The fourth-order valence-electron chi connectivity index (χ4n) is 2.97. The van der Waals surface area contributed by atoms with Gasteiger partial charge in [0.1, 0.15) is 0 Å². The maximum atomic E-state index is 6.43. The lowest BCUT2D eigenvalue weighted by atomic mass is 9.98. The summed E-state index contributed by atoms with van der Waals surface area (Å²) in [6.45, 7) is 11.0. The molecule has 1 atom stereocenters. The van der Waals surface area contributed by atoms with E-state index in [1.165, 1.54) is 51.4 Å². The van der Waals surface area contributed by atoms with Gasteiger partial charge in [-0.25, -0.2) is 0 Å². The normalized spacial score (nSPS) is 20.1. The number of unbranched alkanes of at least 4 members (excludes halogenated alkanes) is 1. The van der Waals surface area contributed by atoms with Gasteiger partial charge < -0.3 is 10.1 Å². The van der Waals surface area contributed by atoms with Gasteiger partial charge in [-0.15, -0.1) is 0 Å². The van der Waals surface area contributed by atoms with Crippen LogP contribution in [0.25, 0.3) is 0 Å². The van der Waals surface area contributed by atoms with E-state index in [4.69, 9.17) is 4.74 Å². The lowest BCUT2D eigenvalue weighted by Crippen LogP contribution is -2.44. The number of nitrogens with one attached hydrogen (secondary N) is 1. The highest BCUT2D eigenvalue weighted by Gasteiger charge is 2.35. The van der Waals surface area contributed by atoms with Gasteiger partial charge in [0.2, 0.25) is 0 Å². The number of ether oxygens (including phenoxy) is 1. The third-order valence-electron chi connectivity index (χ3n) is 4.52. The van der Waals surface area contributed by atoms with Crippen LogP contribution in [0.15, 0.2) is 0 Å².